The Kier molecular flexibility index (Phi) is 46.4. The molecule has 0 unspecified atom stereocenters. The maximum Gasteiger partial charge on any atom is 0.155 e. The largest absolute Gasteiger partial charge is 0.377 e. The molecule has 0 amide bonds. The van der Waals surface area contributed by atoms with Gasteiger partial charge in [-0.2, -0.15) is 0 Å². The topological polar surface area (TPSA) is 150 Å². The second-order valence-electron chi connectivity index (χ2n) is 38.6. The van der Waals surface area contributed by atoms with Gasteiger partial charge in [0.2, 0.25) is 0 Å². The van der Waals surface area contributed by atoms with E-state index in [-0.39, 0.29) is 90.1 Å². The molecule has 6 aliphatic rings. The van der Waals surface area contributed by atoms with Gasteiger partial charge in [0.25, 0.3) is 0 Å². The van der Waals surface area contributed by atoms with Gasteiger partial charge < -0.3 is 14.2 Å². The number of ketones is 6. The summed E-state index contributed by atoms with van der Waals surface area (Å²) in [5.74, 6) is 9.05. The SMILES string of the molecule is CC(C)C(=O)[C@@H]1C[C@H](C(C)C)CN1C(C)C.CC(C)CO[C@@H]1C[C@@H](C(=O)C(C)C)N(C(C)C)C1.CC(C)CO[C@H]1CCN(C(C)C)[C@@H]1C(=O)C(C)C.CC(C)CO[C@H]1C[C@@H](C(=O)C(C)C)N(C(C)C)C1.CC(C)C[C@@H]1C[C@@H](C(=O)C(C)C)N(C(C)C)C1.CC(C)C[C@H]1C[C@@H](C(=O)C(C)C)N(C(C)C)C1. The van der Waals surface area contributed by atoms with E-state index in [2.05, 4.69) is 196 Å². The van der Waals surface area contributed by atoms with E-state index >= 15 is 0 Å². The number of ether oxygens (including phenoxy) is 3. The van der Waals surface area contributed by atoms with Crippen molar-refractivity contribution in [3.05, 3.63) is 0 Å². The van der Waals surface area contributed by atoms with E-state index < -0.39 is 0 Å². The van der Waals surface area contributed by atoms with E-state index in [9.17, 15) is 28.8 Å². The van der Waals surface area contributed by atoms with Crippen molar-refractivity contribution in [1.29, 1.82) is 0 Å². The fraction of sp³-hybridized carbons (Fsp3) is 0.933. The van der Waals surface area contributed by atoms with Crippen LogP contribution in [0.4, 0.5) is 0 Å². The van der Waals surface area contributed by atoms with Gasteiger partial charge in [-0.3, -0.25) is 58.2 Å². The Balaban J connectivity index is 0.000000624. The lowest BCUT2D eigenvalue weighted by molar-refractivity contribution is -0.131. The quantitative estimate of drug-likeness (QED) is 0.0628. The highest BCUT2D eigenvalue weighted by atomic mass is 16.5. The van der Waals surface area contributed by atoms with Crippen molar-refractivity contribution in [2.24, 2.45) is 88.8 Å². The molecular formula is C89H172N6O9. The lowest BCUT2D eigenvalue weighted by atomic mass is 9.90. The monoisotopic (exact) mass is 1470 g/mol. The molecule has 6 saturated heterocycles. The third-order valence-corrected chi connectivity index (χ3v) is 22.1. The molecule has 612 valence electrons. The first-order valence-electron chi connectivity index (χ1n) is 42.6. The zero-order valence-corrected chi connectivity index (χ0v) is 74.7. The van der Waals surface area contributed by atoms with Gasteiger partial charge in [-0.05, 0) is 188 Å². The Morgan fingerprint density at radius 3 is 0.808 bits per heavy atom. The third-order valence-electron chi connectivity index (χ3n) is 22.1. The Morgan fingerprint density at radius 1 is 0.288 bits per heavy atom. The van der Waals surface area contributed by atoms with Crippen molar-refractivity contribution in [2.45, 2.75) is 391 Å². The number of rotatable bonds is 32. The van der Waals surface area contributed by atoms with Gasteiger partial charge >= 0.3 is 0 Å². The van der Waals surface area contributed by atoms with Crippen LogP contribution in [0, 0.1) is 88.8 Å². The van der Waals surface area contributed by atoms with E-state index in [0.29, 0.717) is 112 Å². The number of hydrogen-bond donors (Lipinski definition) is 0. The van der Waals surface area contributed by atoms with Gasteiger partial charge in [-0.25, -0.2) is 0 Å². The van der Waals surface area contributed by atoms with Crippen molar-refractivity contribution in [3.8, 4) is 0 Å². The van der Waals surface area contributed by atoms with Gasteiger partial charge in [-0.15, -0.1) is 0 Å². The zero-order chi connectivity index (χ0) is 80.4. The molecule has 15 nitrogen and oxygen atoms in total. The summed E-state index contributed by atoms with van der Waals surface area (Å²) in [6.45, 7) is 85.2. The van der Waals surface area contributed by atoms with Gasteiger partial charge in [0.1, 0.15) is 0 Å². The van der Waals surface area contributed by atoms with Crippen molar-refractivity contribution in [2.75, 3.05) is 59.1 Å². The first-order valence-corrected chi connectivity index (χ1v) is 42.6. The van der Waals surface area contributed by atoms with Crippen molar-refractivity contribution in [3.63, 3.8) is 0 Å². The molecule has 0 saturated carbocycles. The summed E-state index contributed by atoms with van der Waals surface area (Å²) in [4.78, 5) is 87.7. The molecule has 0 aromatic carbocycles. The van der Waals surface area contributed by atoms with Crippen LogP contribution in [0.5, 0.6) is 0 Å². The smallest absolute Gasteiger partial charge is 0.155 e. The normalized spacial score (nSPS) is 26.1. The summed E-state index contributed by atoms with van der Waals surface area (Å²) in [6.07, 6.45) is 8.97. The van der Waals surface area contributed by atoms with Crippen LogP contribution in [0.3, 0.4) is 0 Å². The molecule has 104 heavy (non-hydrogen) atoms. The van der Waals surface area contributed by atoms with Gasteiger partial charge in [0, 0.05) is 131 Å². The molecule has 6 heterocycles. The minimum atomic E-state index is -0.0382. The average Bonchev–Trinajstić information content (AvgIpc) is 1.74. The molecule has 0 bridgehead atoms. The summed E-state index contributed by atoms with van der Waals surface area (Å²) in [5.41, 5.74) is 0. The van der Waals surface area contributed by atoms with E-state index in [4.69, 9.17) is 14.2 Å². The van der Waals surface area contributed by atoms with Gasteiger partial charge in [0.15, 0.2) is 34.7 Å². The summed E-state index contributed by atoms with van der Waals surface area (Å²) >= 11 is 0. The molecular weight excluding hydrogens is 1300 g/mol. The van der Waals surface area contributed by atoms with E-state index in [1.54, 1.807) is 0 Å². The maximum atomic E-state index is 12.4. The number of nitrogens with zero attached hydrogens (tertiary/aromatic N) is 6. The van der Waals surface area contributed by atoms with Crippen LogP contribution in [0.25, 0.3) is 0 Å². The molecule has 12 atom stereocenters. The fourth-order valence-corrected chi connectivity index (χ4v) is 16.2. The van der Waals surface area contributed by atoms with Crippen LogP contribution in [-0.2, 0) is 43.0 Å². The second-order valence-corrected chi connectivity index (χ2v) is 38.6. The Morgan fingerprint density at radius 2 is 0.548 bits per heavy atom. The standard InChI is InChI=1S/3C15H29NO2.2C15H29NO.C14H27NO/c2*1-10(2)9-18-13-7-14(15(17)11(3)4)16(8-13)12(5)6;1-10(2)9-18-13-7-8-16(12(5)6)14(13)15(17)11(3)4;2*1-10(2)7-13-8-14(15(17)11(3)4)16(9-13)12(5)6;1-9(2)12-7-13(14(16)10(3)4)15(8-12)11(5)6/h3*10-14H,7-9H2,1-6H3;2*10-14H,7-9H2,1-6H3;9-13H,7-8H2,1-6H3/t13-,14+;2*13-,14-;13-,14+;13-,14-;12-,13-/m100100/s1. The van der Waals surface area contributed by atoms with Crippen LogP contribution in [-0.4, -0.2) is 214 Å². The van der Waals surface area contributed by atoms with Crippen LogP contribution in [0.1, 0.15) is 301 Å². The fourth-order valence-electron chi connectivity index (χ4n) is 16.2. The minimum Gasteiger partial charge on any atom is -0.377 e. The molecule has 0 spiro atoms. The number of likely N-dealkylation sites (tertiary alicyclic amines) is 6. The Labute approximate surface area is 643 Å². The number of carbonyl (C=O) groups excluding carboxylic acids is 6. The van der Waals surface area contributed by atoms with E-state index in [1.165, 1.54) is 12.8 Å². The summed E-state index contributed by atoms with van der Waals surface area (Å²) in [6, 6.07) is 3.29. The lowest BCUT2D eigenvalue weighted by Crippen LogP contribution is -2.47. The molecule has 0 aromatic rings. The number of carbonyl (C=O) groups is 6. The molecule has 0 aliphatic carbocycles. The Bertz CT molecular complexity index is 2310. The second kappa shape index (κ2) is 48.4. The highest BCUT2D eigenvalue weighted by Crippen LogP contribution is 2.36. The molecule has 0 N–H and O–H groups in total. The van der Waals surface area contributed by atoms with Crippen LogP contribution in [0.15, 0.2) is 0 Å². The minimum absolute atomic E-state index is 0.0382. The number of hydrogen-bond acceptors (Lipinski definition) is 15. The molecule has 0 radical (unpaired) electrons. The van der Waals surface area contributed by atoms with Crippen LogP contribution < -0.4 is 0 Å². The highest BCUT2D eigenvalue weighted by molar-refractivity contribution is 5.88. The predicted molar refractivity (Wildman–Crippen MR) is 439 cm³/mol. The predicted octanol–water partition coefficient (Wildman–Crippen LogP) is 17.9. The van der Waals surface area contributed by atoms with Crippen LogP contribution >= 0.6 is 0 Å². The number of Topliss-reactive ketones (excluding diaryl/α,β-unsaturated/α-hetero) is 6. The van der Waals surface area contributed by atoms with Crippen molar-refractivity contribution >= 4 is 34.7 Å². The Hall–Kier alpha value is -2.34. The van der Waals surface area contributed by atoms with E-state index in [0.717, 1.165) is 109 Å². The van der Waals surface area contributed by atoms with Gasteiger partial charge in [-0.1, -0.05) is 166 Å². The lowest BCUT2D eigenvalue weighted by Gasteiger charge is -2.31. The summed E-state index contributed by atoms with van der Waals surface area (Å²) < 4.78 is 17.8. The van der Waals surface area contributed by atoms with E-state index in [1.807, 2.05) is 83.1 Å². The maximum absolute atomic E-state index is 12.4. The first-order chi connectivity index (χ1) is 48.0. The summed E-state index contributed by atoms with van der Waals surface area (Å²) in [7, 11) is 0. The zero-order valence-electron chi connectivity index (χ0n) is 74.7. The molecule has 15 heteroatoms. The average molecular weight is 1470 g/mol. The van der Waals surface area contributed by atoms with Gasteiger partial charge in [0.05, 0.1) is 54.6 Å². The first kappa shape index (κ1) is 99.7. The molecule has 0 aromatic heterocycles. The van der Waals surface area contributed by atoms with Crippen LogP contribution in [0.2, 0.25) is 0 Å². The molecule has 6 rings (SSSR count). The summed E-state index contributed by atoms with van der Waals surface area (Å²) in [5, 5.41) is 0. The third kappa shape index (κ3) is 33.7. The molecule has 6 aliphatic heterocycles. The van der Waals surface area contributed by atoms with Crippen molar-refractivity contribution in [1.82, 2.24) is 29.4 Å². The van der Waals surface area contributed by atoms with Crippen molar-refractivity contribution < 1.29 is 43.0 Å². The molecule has 6 fully saturated rings. The highest BCUT2D eigenvalue weighted by Gasteiger charge is 2.45.